The summed E-state index contributed by atoms with van der Waals surface area (Å²) in [5, 5.41) is 11.9. The maximum absolute atomic E-state index is 12.8. The van der Waals surface area contributed by atoms with Crippen LogP contribution in [0.1, 0.15) is 56.4 Å². The Hall–Kier alpha value is -3.64. The molecule has 0 atom stereocenters. The number of esters is 1. The number of benzene rings is 1. The molecule has 202 valence electrons. The number of amides is 2. The largest absolute Gasteiger partial charge is 0.485 e. The van der Waals surface area contributed by atoms with Gasteiger partial charge in [-0.15, -0.1) is 28.1 Å². The van der Waals surface area contributed by atoms with E-state index in [-0.39, 0.29) is 33.9 Å². The van der Waals surface area contributed by atoms with Crippen molar-refractivity contribution in [1.29, 1.82) is 0 Å². The average molecular weight is 558 g/mol. The number of hydrogen-bond donors (Lipinski definition) is 2. The molecule has 0 radical (unpaired) electrons. The summed E-state index contributed by atoms with van der Waals surface area (Å²) >= 11 is 2.12. The number of aromatic nitrogens is 3. The highest BCUT2D eigenvalue weighted by atomic mass is 32.2. The summed E-state index contributed by atoms with van der Waals surface area (Å²) in [4.78, 5) is 37.5. The molecule has 2 amide bonds. The van der Waals surface area contributed by atoms with Crippen LogP contribution in [0, 0.1) is 20.8 Å². The molecule has 0 bridgehead atoms. The fourth-order valence-corrected chi connectivity index (χ4v) is 5.33. The summed E-state index contributed by atoms with van der Waals surface area (Å²) in [6.07, 6.45) is 1.34. The summed E-state index contributed by atoms with van der Waals surface area (Å²) in [6, 6.07) is 5.98. The van der Waals surface area contributed by atoms with Crippen molar-refractivity contribution >= 4 is 45.9 Å². The van der Waals surface area contributed by atoms with E-state index >= 15 is 0 Å². The van der Waals surface area contributed by atoms with Gasteiger partial charge in [-0.25, -0.2) is 4.79 Å². The van der Waals surface area contributed by atoms with Gasteiger partial charge in [0.1, 0.15) is 17.4 Å². The van der Waals surface area contributed by atoms with Crippen LogP contribution < -0.4 is 15.8 Å². The molecule has 0 aliphatic heterocycles. The Morgan fingerprint density at radius 2 is 1.97 bits per heavy atom. The molecule has 3 aromatic rings. The Kier molecular flexibility index (Phi) is 9.70. The van der Waals surface area contributed by atoms with E-state index in [1.807, 2.05) is 36.6 Å². The Morgan fingerprint density at radius 3 is 2.63 bits per heavy atom. The number of anilines is 1. The lowest BCUT2D eigenvalue weighted by atomic mass is 10.1. The van der Waals surface area contributed by atoms with E-state index in [1.165, 1.54) is 11.8 Å². The van der Waals surface area contributed by atoms with Crippen molar-refractivity contribution in [2.24, 2.45) is 5.73 Å². The van der Waals surface area contributed by atoms with Crippen molar-refractivity contribution in [2.45, 2.75) is 59.0 Å². The zero-order valence-electron chi connectivity index (χ0n) is 22.0. The molecule has 0 aliphatic carbocycles. The summed E-state index contributed by atoms with van der Waals surface area (Å²) in [7, 11) is 0. The van der Waals surface area contributed by atoms with Crippen LogP contribution >= 0.6 is 23.1 Å². The topological polar surface area (TPSA) is 138 Å². The third kappa shape index (κ3) is 7.01. The fraction of sp³-hybridized carbons (Fsp3) is 0.346. The molecular formula is C26H31N5O5S2. The van der Waals surface area contributed by atoms with Crippen LogP contribution in [-0.2, 0) is 22.7 Å². The van der Waals surface area contributed by atoms with Gasteiger partial charge in [-0.1, -0.05) is 30.0 Å². The third-order valence-electron chi connectivity index (χ3n) is 5.31. The van der Waals surface area contributed by atoms with Crippen LogP contribution in [-0.4, -0.2) is 44.4 Å². The molecule has 0 aliphatic rings. The molecular weight excluding hydrogens is 526 g/mol. The smallest absolute Gasteiger partial charge is 0.341 e. The van der Waals surface area contributed by atoms with Crippen molar-refractivity contribution in [2.75, 3.05) is 11.1 Å². The number of rotatable bonds is 12. The predicted molar refractivity (Wildman–Crippen MR) is 148 cm³/mol. The minimum absolute atomic E-state index is 0.0192. The maximum Gasteiger partial charge on any atom is 0.341 e. The first kappa shape index (κ1) is 28.9. The highest BCUT2D eigenvalue weighted by Gasteiger charge is 2.26. The van der Waals surface area contributed by atoms with Gasteiger partial charge in [-0.05, 0) is 57.4 Å². The Morgan fingerprint density at radius 1 is 1.24 bits per heavy atom. The minimum Gasteiger partial charge on any atom is -0.485 e. The van der Waals surface area contributed by atoms with Gasteiger partial charge in [-0.3, -0.25) is 14.2 Å². The fourth-order valence-electron chi connectivity index (χ4n) is 3.50. The Bertz CT molecular complexity index is 1360. The quantitative estimate of drug-likeness (QED) is 0.190. The molecule has 0 unspecified atom stereocenters. The van der Waals surface area contributed by atoms with Gasteiger partial charge >= 0.3 is 5.97 Å². The van der Waals surface area contributed by atoms with E-state index in [4.69, 9.17) is 15.2 Å². The van der Waals surface area contributed by atoms with E-state index in [9.17, 15) is 14.4 Å². The van der Waals surface area contributed by atoms with Gasteiger partial charge < -0.3 is 20.5 Å². The van der Waals surface area contributed by atoms with Gasteiger partial charge in [0.25, 0.3) is 5.91 Å². The molecule has 0 spiro atoms. The average Bonchev–Trinajstić information content (AvgIpc) is 3.38. The van der Waals surface area contributed by atoms with Crippen molar-refractivity contribution in [3.8, 4) is 5.75 Å². The maximum atomic E-state index is 12.8. The number of thiophene rings is 1. The van der Waals surface area contributed by atoms with E-state index in [2.05, 4.69) is 22.1 Å². The van der Waals surface area contributed by atoms with Crippen molar-refractivity contribution in [3.63, 3.8) is 0 Å². The molecule has 0 fully saturated rings. The molecule has 0 saturated carbocycles. The van der Waals surface area contributed by atoms with Crippen LogP contribution in [0.15, 0.2) is 36.0 Å². The summed E-state index contributed by atoms with van der Waals surface area (Å²) in [6.45, 7) is 13.4. The summed E-state index contributed by atoms with van der Waals surface area (Å²) in [5.41, 5.74) is 8.05. The lowest BCUT2D eigenvalue weighted by Crippen LogP contribution is -2.18. The Labute approximate surface area is 229 Å². The zero-order valence-corrected chi connectivity index (χ0v) is 23.6. The highest BCUT2D eigenvalue weighted by molar-refractivity contribution is 7.99. The number of carbonyl (C=O) groups is 3. The number of ether oxygens (including phenoxy) is 2. The number of aryl methyl sites for hydroxylation is 2. The minimum atomic E-state index is -0.686. The molecule has 0 saturated heterocycles. The van der Waals surface area contributed by atoms with Gasteiger partial charge in [-0.2, -0.15) is 0 Å². The lowest BCUT2D eigenvalue weighted by Gasteiger charge is -2.12. The number of nitrogens with two attached hydrogens (primary N) is 1. The standard InChI is InChI=1S/C26H31N5O5S2/c1-7-10-31-19(12-35-18-11-15(4)8-9-16(18)5)29-30-26(31)37-13-20(32)28-24-21(25(34)36-14(2)3)17(6)22(38-24)23(27)33/h7-9,11,14H,1,10,12-13H2,2-6H3,(H2,27,33)(H,28,32). The SMILES string of the molecule is C=CCn1c(COc2cc(C)ccc2C)nnc1SCC(=O)Nc1sc(C(N)=O)c(C)c1C(=O)OC(C)C. The molecule has 12 heteroatoms. The number of nitrogens with one attached hydrogen (secondary N) is 1. The number of carbonyl (C=O) groups excluding carboxylic acids is 3. The van der Waals surface area contributed by atoms with Crippen LogP contribution in [0.3, 0.4) is 0 Å². The predicted octanol–water partition coefficient (Wildman–Crippen LogP) is 4.42. The van der Waals surface area contributed by atoms with E-state index < -0.39 is 17.8 Å². The first-order chi connectivity index (χ1) is 18.0. The first-order valence-electron chi connectivity index (χ1n) is 11.8. The second-order valence-corrected chi connectivity index (χ2v) is 10.7. The van der Waals surface area contributed by atoms with Gasteiger partial charge in [0.05, 0.1) is 22.3 Å². The van der Waals surface area contributed by atoms with Crippen LogP contribution in [0.4, 0.5) is 5.00 Å². The number of allylic oxidation sites excluding steroid dienone is 1. The van der Waals surface area contributed by atoms with Crippen molar-refractivity contribution in [1.82, 2.24) is 14.8 Å². The van der Waals surface area contributed by atoms with E-state index in [1.54, 1.807) is 26.8 Å². The zero-order chi connectivity index (χ0) is 28.0. The second-order valence-electron chi connectivity index (χ2n) is 8.77. The van der Waals surface area contributed by atoms with Crippen LogP contribution in [0.2, 0.25) is 0 Å². The second kappa shape index (κ2) is 12.7. The van der Waals surface area contributed by atoms with Crippen LogP contribution in [0.5, 0.6) is 5.75 Å². The number of nitrogens with zero attached hydrogens (tertiary/aromatic N) is 3. The summed E-state index contributed by atoms with van der Waals surface area (Å²) in [5.74, 6) is -0.383. The van der Waals surface area contributed by atoms with Crippen LogP contribution in [0.25, 0.3) is 0 Å². The number of thioether (sulfide) groups is 1. The number of primary amides is 1. The molecule has 2 aromatic heterocycles. The molecule has 3 N–H and O–H groups in total. The molecule has 3 rings (SSSR count). The van der Waals surface area contributed by atoms with Crippen molar-refractivity contribution < 1.29 is 23.9 Å². The van der Waals surface area contributed by atoms with Gasteiger partial charge in [0.15, 0.2) is 11.0 Å². The first-order valence-corrected chi connectivity index (χ1v) is 13.6. The van der Waals surface area contributed by atoms with E-state index in [0.717, 1.165) is 28.2 Å². The number of hydrogen-bond acceptors (Lipinski definition) is 9. The highest BCUT2D eigenvalue weighted by Crippen LogP contribution is 2.34. The molecule has 2 heterocycles. The molecule has 38 heavy (non-hydrogen) atoms. The van der Waals surface area contributed by atoms with Gasteiger partial charge in [0, 0.05) is 6.54 Å². The Balaban J connectivity index is 1.72. The van der Waals surface area contributed by atoms with Crippen molar-refractivity contribution in [3.05, 3.63) is 63.8 Å². The molecule has 1 aromatic carbocycles. The lowest BCUT2D eigenvalue weighted by molar-refractivity contribution is -0.113. The monoisotopic (exact) mass is 557 g/mol. The molecule has 10 nitrogen and oxygen atoms in total. The normalized spacial score (nSPS) is 10.9. The third-order valence-corrected chi connectivity index (χ3v) is 7.50. The van der Waals surface area contributed by atoms with E-state index in [0.29, 0.717) is 23.1 Å². The summed E-state index contributed by atoms with van der Waals surface area (Å²) < 4.78 is 13.1. The van der Waals surface area contributed by atoms with Gasteiger partial charge in [0.2, 0.25) is 5.91 Å².